The van der Waals surface area contributed by atoms with Crippen LogP contribution in [0, 0.1) is 0 Å². The molecule has 1 aromatic rings. The number of hydrogen-bond donors (Lipinski definition) is 2. The van der Waals surface area contributed by atoms with Crippen LogP contribution in [-0.2, 0) is 10.0 Å². The molecule has 1 rings (SSSR count). The highest BCUT2D eigenvalue weighted by Gasteiger charge is 2.14. The van der Waals surface area contributed by atoms with Crippen LogP contribution in [0.1, 0.15) is 24.2 Å². The molecule has 0 spiro atoms. The van der Waals surface area contributed by atoms with E-state index in [9.17, 15) is 13.2 Å². The average molecular weight is 257 g/mol. The molecule has 0 saturated heterocycles. The van der Waals surface area contributed by atoms with Gasteiger partial charge in [-0.05, 0) is 26.0 Å². The van der Waals surface area contributed by atoms with E-state index < -0.39 is 16.1 Å². The number of aliphatic hydroxyl groups is 1. The van der Waals surface area contributed by atoms with Crippen LogP contribution in [0.15, 0.2) is 29.2 Å². The van der Waals surface area contributed by atoms with Crippen molar-refractivity contribution in [2.45, 2.75) is 24.8 Å². The van der Waals surface area contributed by atoms with E-state index in [2.05, 4.69) is 4.72 Å². The Balaban J connectivity index is 2.89. The maximum Gasteiger partial charge on any atom is 0.240 e. The Labute approximate surface area is 101 Å². The summed E-state index contributed by atoms with van der Waals surface area (Å²) in [6, 6.07) is 5.64. The summed E-state index contributed by atoms with van der Waals surface area (Å²) in [4.78, 5) is 11.1. The van der Waals surface area contributed by atoms with Gasteiger partial charge in [-0.3, -0.25) is 4.79 Å². The first-order valence-electron chi connectivity index (χ1n) is 5.11. The lowest BCUT2D eigenvalue weighted by Crippen LogP contribution is -2.30. The van der Waals surface area contributed by atoms with Crippen LogP contribution in [0.3, 0.4) is 0 Å². The number of sulfonamides is 1. The fourth-order valence-electron chi connectivity index (χ4n) is 1.18. The quantitative estimate of drug-likeness (QED) is 0.754. The lowest BCUT2D eigenvalue weighted by Gasteiger charge is -2.08. The summed E-state index contributed by atoms with van der Waals surface area (Å²) >= 11 is 0. The number of benzene rings is 1. The van der Waals surface area contributed by atoms with Gasteiger partial charge in [-0.1, -0.05) is 12.1 Å². The molecule has 1 atom stereocenters. The third-order valence-corrected chi connectivity index (χ3v) is 3.58. The van der Waals surface area contributed by atoms with Crippen molar-refractivity contribution in [1.29, 1.82) is 0 Å². The van der Waals surface area contributed by atoms with Crippen molar-refractivity contribution in [3.8, 4) is 0 Å². The molecule has 5 nitrogen and oxygen atoms in total. The predicted molar refractivity (Wildman–Crippen MR) is 63.3 cm³/mol. The van der Waals surface area contributed by atoms with Crippen LogP contribution in [0.4, 0.5) is 0 Å². The van der Waals surface area contributed by atoms with E-state index in [0.717, 1.165) is 0 Å². The van der Waals surface area contributed by atoms with Crippen molar-refractivity contribution < 1.29 is 18.3 Å². The molecule has 0 saturated carbocycles. The molecule has 0 aromatic heterocycles. The molecule has 0 bridgehead atoms. The van der Waals surface area contributed by atoms with Gasteiger partial charge in [-0.15, -0.1) is 0 Å². The van der Waals surface area contributed by atoms with E-state index in [1.54, 1.807) is 0 Å². The lowest BCUT2D eigenvalue weighted by molar-refractivity contribution is 0.101. The zero-order valence-corrected chi connectivity index (χ0v) is 10.5. The summed E-state index contributed by atoms with van der Waals surface area (Å²) in [5.41, 5.74) is 0.458. The number of ketones is 1. The summed E-state index contributed by atoms with van der Waals surface area (Å²) in [7, 11) is -3.62. The Bertz CT molecular complexity index is 491. The summed E-state index contributed by atoms with van der Waals surface area (Å²) in [6.45, 7) is 2.85. The SMILES string of the molecule is CC(=O)c1ccc(S(=O)(=O)NC[C@@H](C)O)cc1. The van der Waals surface area contributed by atoms with Gasteiger partial charge in [0.2, 0.25) is 10.0 Å². The highest BCUT2D eigenvalue weighted by atomic mass is 32.2. The van der Waals surface area contributed by atoms with E-state index in [-0.39, 0.29) is 17.2 Å². The highest BCUT2D eigenvalue weighted by molar-refractivity contribution is 7.89. The monoisotopic (exact) mass is 257 g/mol. The van der Waals surface area contributed by atoms with Crippen LogP contribution in [0.5, 0.6) is 0 Å². The topological polar surface area (TPSA) is 83.5 Å². The number of Topliss-reactive ketones (excluding diaryl/α,β-unsaturated/α-hetero) is 1. The van der Waals surface area contributed by atoms with Crippen LogP contribution in [0.25, 0.3) is 0 Å². The second-order valence-electron chi connectivity index (χ2n) is 3.78. The number of carbonyl (C=O) groups excluding carboxylic acids is 1. The van der Waals surface area contributed by atoms with Crippen molar-refractivity contribution in [2.75, 3.05) is 6.54 Å². The Morgan fingerprint density at radius 2 is 1.88 bits per heavy atom. The molecule has 0 radical (unpaired) electrons. The Kier molecular flexibility index (Phi) is 4.39. The molecule has 0 amide bonds. The zero-order chi connectivity index (χ0) is 13.1. The van der Waals surface area contributed by atoms with Gasteiger partial charge < -0.3 is 5.11 Å². The third-order valence-electron chi connectivity index (χ3n) is 2.14. The molecule has 0 heterocycles. The van der Waals surface area contributed by atoms with Gasteiger partial charge >= 0.3 is 0 Å². The first-order valence-corrected chi connectivity index (χ1v) is 6.60. The van der Waals surface area contributed by atoms with Gasteiger partial charge in [0.25, 0.3) is 0 Å². The van der Waals surface area contributed by atoms with Crippen molar-refractivity contribution in [2.24, 2.45) is 0 Å². The van der Waals surface area contributed by atoms with Crippen LogP contribution in [0.2, 0.25) is 0 Å². The summed E-state index contributed by atoms with van der Waals surface area (Å²) < 4.78 is 25.7. The smallest absolute Gasteiger partial charge is 0.240 e. The minimum atomic E-state index is -3.62. The largest absolute Gasteiger partial charge is 0.392 e. The first kappa shape index (κ1) is 13.8. The van der Waals surface area contributed by atoms with Gasteiger partial charge in [-0.25, -0.2) is 13.1 Å². The number of nitrogens with one attached hydrogen (secondary N) is 1. The maximum absolute atomic E-state index is 11.7. The standard InChI is InChI=1S/C11H15NO4S/c1-8(13)7-12-17(15,16)11-5-3-10(4-6-11)9(2)14/h3-6,8,12-13H,7H2,1-2H3/t8-/m1/s1. The number of carbonyl (C=O) groups is 1. The normalized spacial score (nSPS) is 13.4. The fourth-order valence-corrected chi connectivity index (χ4v) is 2.30. The molecule has 2 N–H and O–H groups in total. The molecule has 0 unspecified atom stereocenters. The average Bonchev–Trinajstić information content (AvgIpc) is 2.27. The van der Waals surface area contributed by atoms with E-state index in [1.165, 1.54) is 38.1 Å². The van der Waals surface area contributed by atoms with E-state index in [4.69, 9.17) is 5.11 Å². The second-order valence-corrected chi connectivity index (χ2v) is 5.55. The minimum Gasteiger partial charge on any atom is -0.392 e. The number of rotatable bonds is 5. The van der Waals surface area contributed by atoms with Crippen molar-refractivity contribution in [1.82, 2.24) is 4.72 Å². The molecular weight excluding hydrogens is 242 g/mol. The number of hydrogen-bond acceptors (Lipinski definition) is 4. The number of aliphatic hydroxyl groups excluding tert-OH is 1. The Hall–Kier alpha value is -1.24. The van der Waals surface area contributed by atoms with Gasteiger partial charge in [0, 0.05) is 12.1 Å². The lowest BCUT2D eigenvalue weighted by atomic mass is 10.2. The Morgan fingerprint density at radius 3 is 2.29 bits per heavy atom. The summed E-state index contributed by atoms with van der Waals surface area (Å²) in [5.74, 6) is -0.120. The predicted octanol–water partition coefficient (Wildman–Crippen LogP) is 0.548. The van der Waals surface area contributed by atoms with Gasteiger partial charge in [0.15, 0.2) is 5.78 Å². The highest BCUT2D eigenvalue weighted by Crippen LogP contribution is 2.10. The fraction of sp³-hybridized carbons (Fsp3) is 0.364. The molecule has 17 heavy (non-hydrogen) atoms. The molecule has 0 fully saturated rings. The van der Waals surface area contributed by atoms with Gasteiger partial charge in [0.1, 0.15) is 0 Å². The van der Waals surface area contributed by atoms with E-state index in [0.29, 0.717) is 5.56 Å². The third kappa shape index (κ3) is 3.92. The molecule has 0 aliphatic heterocycles. The molecule has 1 aromatic carbocycles. The van der Waals surface area contributed by atoms with Crippen LogP contribution >= 0.6 is 0 Å². The molecular formula is C11H15NO4S. The summed E-state index contributed by atoms with van der Waals surface area (Å²) in [5, 5.41) is 9.01. The zero-order valence-electron chi connectivity index (χ0n) is 9.67. The van der Waals surface area contributed by atoms with Crippen LogP contribution in [-0.4, -0.2) is 32.0 Å². The molecule has 0 aliphatic rings. The Morgan fingerprint density at radius 1 is 1.35 bits per heavy atom. The molecule has 0 aliphatic carbocycles. The van der Waals surface area contributed by atoms with Gasteiger partial charge in [0.05, 0.1) is 11.0 Å². The summed E-state index contributed by atoms with van der Waals surface area (Å²) in [6.07, 6.45) is -0.749. The van der Waals surface area contributed by atoms with Crippen molar-refractivity contribution in [3.63, 3.8) is 0 Å². The molecule has 6 heteroatoms. The van der Waals surface area contributed by atoms with E-state index in [1.807, 2.05) is 0 Å². The maximum atomic E-state index is 11.7. The first-order chi connectivity index (χ1) is 7.83. The van der Waals surface area contributed by atoms with Crippen molar-refractivity contribution in [3.05, 3.63) is 29.8 Å². The van der Waals surface area contributed by atoms with Crippen molar-refractivity contribution >= 4 is 15.8 Å². The van der Waals surface area contributed by atoms with Gasteiger partial charge in [-0.2, -0.15) is 0 Å². The molecule has 94 valence electrons. The van der Waals surface area contributed by atoms with E-state index >= 15 is 0 Å². The minimum absolute atomic E-state index is 0.0448. The second kappa shape index (κ2) is 5.39. The van der Waals surface area contributed by atoms with Crippen LogP contribution < -0.4 is 4.72 Å².